The van der Waals surface area contributed by atoms with Crippen LogP contribution in [-0.2, 0) is 0 Å². The lowest BCUT2D eigenvalue weighted by atomic mass is 9.83. The lowest BCUT2D eigenvalue weighted by molar-refractivity contribution is 0.0932. The summed E-state index contributed by atoms with van der Waals surface area (Å²) in [5, 5.41) is 9.53. The molecule has 70 valence electrons. The highest BCUT2D eigenvalue weighted by Gasteiger charge is 2.23. The van der Waals surface area contributed by atoms with E-state index in [0.717, 1.165) is 12.8 Å². The van der Waals surface area contributed by atoms with Gasteiger partial charge in [0.2, 0.25) is 0 Å². The summed E-state index contributed by atoms with van der Waals surface area (Å²) in [4.78, 5) is 0. The Morgan fingerprint density at radius 3 is 2.42 bits per heavy atom. The largest absolute Gasteiger partial charge is 0.388 e. The van der Waals surface area contributed by atoms with E-state index in [1.54, 1.807) is 6.08 Å². The molecule has 1 unspecified atom stereocenters. The first-order valence-corrected chi connectivity index (χ1v) is 4.50. The Labute approximate surface area is 75.8 Å². The molecule has 1 nitrogen and oxygen atoms in total. The summed E-state index contributed by atoms with van der Waals surface area (Å²) in [6.07, 6.45) is 7.37. The molecule has 0 rings (SSSR count). The predicted octanol–water partition coefficient (Wildman–Crippen LogP) is 2.92. The van der Waals surface area contributed by atoms with E-state index in [1.165, 1.54) is 0 Å². The molecule has 0 aliphatic carbocycles. The van der Waals surface area contributed by atoms with E-state index in [9.17, 15) is 5.11 Å². The molecule has 0 spiro atoms. The fourth-order valence-corrected chi connectivity index (χ4v) is 0.994. The van der Waals surface area contributed by atoms with Crippen LogP contribution < -0.4 is 0 Å². The van der Waals surface area contributed by atoms with Gasteiger partial charge < -0.3 is 5.11 Å². The minimum Gasteiger partial charge on any atom is -0.388 e. The van der Waals surface area contributed by atoms with Crippen molar-refractivity contribution in [3.05, 3.63) is 24.8 Å². The zero-order chi connectivity index (χ0) is 9.61. The smallest absolute Gasteiger partial charge is 0.0772 e. The Morgan fingerprint density at radius 2 is 2.00 bits per heavy atom. The first kappa shape index (κ1) is 11.4. The lowest BCUT2D eigenvalue weighted by Crippen LogP contribution is -2.26. The third-order valence-electron chi connectivity index (χ3n) is 2.07. The van der Waals surface area contributed by atoms with Crippen molar-refractivity contribution in [2.75, 3.05) is 0 Å². The third kappa shape index (κ3) is 3.72. The molecular formula is C11H20O. The van der Waals surface area contributed by atoms with Crippen LogP contribution in [0.25, 0.3) is 0 Å². The molecule has 0 aromatic rings. The monoisotopic (exact) mass is 168 g/mol. The van der Waals surface area contributed by atoms with E-state index < -0.39 is 6.10 Å². The molecule has 1 N–H and O–H groups in total. The van der Waals surface area contributed by atoms with Crippen molar-refractivity contribution < 1.29 is 5.11 Å². The van der Waals surface area contributed by atoms with Gasteiger partial charge in [-0.2, -0.15) is 0 Å². The zero-order valence-electron chi connectivity index (χ0n) is 8.38. The van der Waals surface area contributed by atoms with Gasteiger partial charge in [0.15, 0.2) is 0 Å². The van der Waals surface area contributed by atoms with Crippen molar-refractivity contribution in [2.45, 2.75) is 39.7 Å². The van der Waals surface area contributed by atoms with Crippen LogP contribution in [-0.4, -0.2) is 11.2 Å². The molecule has 0 aliphatic rings. The molecule has 0 amide bonds. The molecule has 0 aromatic heterocycles. The topological polar surface area (TPSA) is 20.2 Å². The van der Waals surface area contributed by atoms with Crippen LogP contribution in [0.4, 0.5) is 0 Å². The molecule has 0 saturated carbocycles. The van der Waals surface area contributed by atoms with E-state index in [1.807, 2.05) is 13.8 Å². The highest BCUT2D eigenvalue weighted by molar-refractivity contribution is 4.95. The van der Waals surface area contributed by atoms with Gasteiger partial charge in [0.25, 0.3) is 0 Å². The van der Waals surface area contributed by atoms with Gasteiger partial charge in [0, 0.05) is 0 Å². The van der Waals surface area contributed by atoms with Gasteiger partial charge in [-0.05, 0) is 18.3 Å². The Morgan fingerprint density at radius 1 is 1.42 bits per heavy atom. The first-order chi connectivity index (χ1) is 5.54. The van der Waals surface area contributed by atoms with Crippen LogP contribution >= 0.6 is 0 Å². The van der Waals surface area contributed by atoms with Gasteiger partial charge in [-0.3, -0.25) is 0 Å². The summed E-state index contributed by atoms with van der Waals surface area (Å²) in [6.45, 7) is 9.77. The van der Waals surface area contributed by atoms with Gasteiger partial charge in [0.1, 0.15) is 0 Å². The van der Waals surface area contributed by atoms with Crippen LogP contribution in [0.2, 0.25) is 0 Å². The van der Waals surface area contributed by atoms with E-state index in [2.05, 4.69) is 25.7 Å². The minimum atomic E-state index is -0.418. The zero-order valence-corrected chi connectivity index (χ0v) is 8.38. The summed E-state index contributed by atoms with van der Waals surface area (Å²) in [6, 6.07) is 0. The Bertz CT molecular complexity index is 156. The molecule has 0 fully saturated rings. The maximum atomic E-state index is 9.53. The third-order valence-corrected chi connectivity index (χ3v) is 2.07. The molecule has 1 heteroatoms. The van der Waals surface area contributed by atoms with Crippen LogP contribution in [0.3, 0.4) is 0 Å². The molecule has 1 atom stereocenters. The average Bonchev–Trinajstić information content (AvgIpc) is 2.03. The summed E-state index contributed by atoms with van der Waals surface area (Å²) < 4.78 is 0. The minimum absolute atomic E-state index is 0.0899. The fourth-order valence-electron chi connectivity index (χ4n) is 0.994. The summed E-state index contributed by atoms with van der Waals surface area (Å²) in [5.41, 5.74) is -0.0899. The van der Waals surface area contributed by atoms with Crippen LogP contribution in [0.5, 0.6) is 0 Å². The van der Waals surface area contributed by atoms with E-state index in [4.69, 9.17) is 0 Å². The summed E-state index contributed by atoms with van der Waals surface area (Å²) >= 11 is 0. The van der Waals surface area contributed by atoms with Crippen molar-refractivity contribution in [1.82, 2.24) is 0 Å². The number of rotatable bonds is 5. The van der Waals surface area contributed by atoms with Crippen LogP contribution in [0.15, 0.2) is 24.8 Å². The van der Waals surface area contributed by atoms with E-state index >= 15 is 0 Å². The fraction of sp³-hybridized carbons (Fsp3) is 0.636. The molecular weight excluding hydrogens is 148 g/mol. The first-order valence-electron chi connectivity index (χ1n) is 4.50. The number of hydrogen-bond donors (Lipinski definition) is 1. The molecule has 0 aliphatic heterocycles. The summed E-state index contributed by atoms with van der Waals surface area (Å²) in [5.74, 6) is 0. The number of aliphatic hydroxyl groups excluding tert-OH is 1. The van der Waals surface area contributed by atoms with Crippen LogP contribution in [0.1, 0.15) is 33.6 Å². The van der Waals surface area contributed by atoms with Gasteiger partial charge in [0.05, 0.1) is 6.10 Å². The second-order valence-corrected chi connectivity index (χ2v) is 3.75. The SMILES string of the molecule is C=CC(O)C(C)(C)C/C=C/CC. The standard InChI is InChI=1S/C11H20O/c1-5-7-8-9-11(3,4)10(12)6-2/h6-8,10,12H,2,5,9H2,1,3-4H3/b8-7+. The van der Waals surface area contributed by atoms with Crippen molar-refractivity contribution >= 4 is 0 Å². The van der Waals surface area contributed by atoms with Crippen molar-refractivity contribution in [3.8, 4) is 0 Å². The average molecular weight is 168 g/mol. The summed E-state index contributed by atoms with van der Waals surface area (Å²) in [7, 11) is 0. The highest BCUT2D eigenvalue weighted by Crippen LogP contribution is 2.26. The number of hydrogen-bond acceptors (Lipinski definition) is 1. The highest BCUT2D eigenvalue weighted by atomic mass is 16.3. The van der Waals surface area contributed by atoms with E-state index in [0.29, 0.717) is 0 Å². The molecule has 0 saturated heterocycles. The molecule has 0 heterocycles. The predicted molar refractivity (Wildman–Crippen MR) is 54.0 cm³/mol. The Kier molecular flexibility index (Phi) is 4.91. The van der Waals surface area contributed by atoms with Gasteiger partial charge in [-0.25, -0.2) is 0 Å². The molecule has 0 radical (unpaired) electrons. The maximum Gasteiger partial charge on any atom is 0.0772 e. The second kappa shape index (κ2) is 5.15. The Balaban J connectivity index is 4.02. The maximum absolute atomic E-state index is 9.53. The molecule has 12 heavy (non-hydrogen) atoms. The molecule has 0 bridgehead atoms. The van der Waals surface area contributed by atoms with Crippen molar-refractivity contribution in [1.29, 1.82) is 0 Å². The number of aliphatic hydroxyl groups is 1. The van der Waals surface area contributed by atoms with Gasteiger partial charge in [-0.15, -0.1) is 6.58 Å². The van der Waals surface area contributed by atoms with Crippen molar-refractivity contribution in [2.24, 2.45) is 5.41 Å². The normalized spacial score (nSPS) is 15.0. The lowest BCUT2D eigenvalue weighted by Gasteiger charge is -2.26. The second-order valence-electron chi connectivity index (χ2n) is 3.75. The van der Waals surface area contributed by atoms with Gasteiger partial charge >= 0.3 is 0 Å². The van der Waals surface area contributed by atoms with Crippen molar-refractivity contribution in [3.63, 3.8) is 0 Å². The van der Waals surface area contributed by atoms with E-state index in [-0.39, 0.29) is 5.41 Å². The van der Waals surface area contributed by atoms with Crippen LogP contribution in [0, 0.1) is 5.41 Å². The number of allylic oxidation sites excluding steroid dienone is 2. The quantitative estimate of drug-likeness (QED) is 0.626. The Hall–Kier alpha value is -0.560. The molecule has 0 aromatic carbocycles. The van der Waals surface area contributed by atoms with Gasteiger partial charge in [-0.1, -0.05) is 39.0 Å².